The topological polar surface area (TPSA) is 107 Å². The first-order valence-corrected chi connectivity index (χ1v) is 9.94. The highest BCUT2D eigenvalue weighted by Gasteiger charge is 2.20. The Bertz CT molecular complexity index is 1000. The molecule has 0 atom stereocenters. The number of nitrogens with zero attached hydrogens (tertiary/aromatic N) is 3. The number of aromatic nitrogens is 3. The van der Waals surface area contributed by atoms with E-state index in [-0.39, 0.29) is 17.2 Å². The minimum absolute atomic E-state index is 0.0187. The van der Waals surface area contributed by atoms with Crippen molar-refractivity contribution in [3.05, 3.63) is 54.9 Å². The SMILES string of the molecule is COc1ccc(OC)c(S(=O)(=O)NCCNc2ccc(-n3cccc3)nn2)c1. The zero-order chi connectivity index (χ0) is 20.0. The molecule has 10 heteroatoms. The molecule has 2 heterocycles. The molecule has 2 N–H and O–H groups in total. The van der Waals surface area contributed by atoms with E-state index in [1.165, 1.54) is 20.3 Å². The highest BCUT2D eigenvalue weighted by atomic mass is 32.2. The van der Waals surface area contributed by atoms with E-state index in [9.17, 15) is 8.42 Å². The van der Waals surface area contributed by atoms with Crippen LogP contribution in [0, 0.1) is 0 Å². The lowest BCUT2D eigenvalue weighted by Crippen LogP contribution is -2.29. The average Bonchev–Trinajstić information content (AvgIpc) is 3.26. The van der Waals surface area contributed by atoms with E-state index in [0.29, 0.717) is 23.9 Å². The highest BCUT2D eigenvalue weighted by Crippen LogP contribution is 2.27. The lowest BCUT2D eigenvalue weighted by atomic mass is 10.3. The third-order valence-electron chi connectivity index (χ3n) is 3.90. The molecule has 0 spiro atoms. The number of hydrogen-bond donors (Lipinski definition) is 2. The van der Waals surface area contributed by atoms with Crippen LogP contribution in [0.1, 0.15) is 0 Å². The Hall–Kier alpha value is -3.11. The summed E-state index contributed by atoms with van der Waals surface area (Å²) in [5.41, 5.74) is 0. The first-order valence-electron chi connectivity index (χ1n) is 8.46. The fraction of sp³-hybridized carbons (Fsp3) is 0.222. The van der Waals surface area contributed by atoms with Gasteiger partial charge < -0.3 is 19.4 Å². The van der Waals surface area contributed by atoms with Gasteiger partial charge in [-0.15, -0.1) is 10.2 Å². The van der Waals surface area contributed by atoms with Gasteiger partial charge in [-0.1, -0.05) is 0 Å². The van der Waals surface area contributed by atoms with Crippen molar-refractivity contribution in [1.82, 2.24) is 19.5 Å². The Morgan fingerprint density at radius 2 is 1.79 bits per heavy atom. The summed E-state index contributed by atoms with van der Waals surface area (Å²) >= 11 is 0. The molecule has 3 aromatic rings. The van der Waals surface area contributed by atoms with Crippen molar-refractivity contribution in [3.8, 4) is 17.3 Å². The van der Waals surface area contributed by atoms with E-state index < -0.39 is 10.0 Å². The number of hydrogen-bond acceptors (Lipinski definition) is 7. The van der Waals surface area contributed by atoms with Crippen molar-refractivity contribution >= 4 is 15.8 Å². The van der Waals surface area contributed by atoms with Gasteiger partial charge in [0.15, 0.2) is 5.82 Å². The van der Waals surface area contributed by atoms with Crippen molar-refractivity contribution < 1.29 is 17.9 Å². The van der Waals surface area contributed by atoms with Crippen LogP contribution in [0.15, 0.2) is 59.8 Å². The predicted molar refractivity (Wildman–Crippen MR) is 105 cm³/mol. The van der Waals surface area contributed by atoms with Gasteiger partial charge in [-0.3, -0.25) is 0 Å². The summed E-state index contributed by atoms with van der Waals surface area (Å²) in [4.78, 5) is 0.0187. The number of methoxy groups -OCH3 is 2. The van der Waals surface area contributed by atoms with Gasteiger partial charge in [0.2, 0.25) is 10.0 Å². The van der Waals surface area contributed by atoms with Crippen LogP contribution in [-0.4, -0.2) is 50.5 Å². The van der Waals surface area contributed by atoms with Crippen LogP contribution >= 0.6 is 0 Å². The first-order chi connectivity index (χ1) is 13.5. The van der Waals surface area contributed by atoms with Crippen molar-refractivity contribution in [2.45, 2.75) is 4.90 Å². The Kier molecular flexibility index (Phi) is 6.12. The second kappa shape index (κ2) is 8.72. The van der Waals surface area contributed by atoms with Gasteiger partial charge in [0.1, 0.15) is 22.2 Å². The number of sulfonamides is 1. The summed E-state index contributed by atoms with van der Waals surface area (Å²) < 4.78 is 39.7. The number of rotatable bonds is 9. The summed E-state index contributed by atoms with van der Waals surface area (Å²) in [5.74, 6) is 1.92. The van der Waals surface area contributed by atoms with Crippen molar-refractivity contribution in [1.29, 1.82) is 0 Å². The third-order valence-corrected chi connectivity index (χ3v) is 5.39. The smallest absolute Gasteiger partial charge is 0.244 e. The minimum atomic E-state index is -3.76. The first kappa shape index (κ1) is 19.6. The summed E-state index contributed by atoms with van der Waals surface area (Å²) in [6, 6.07) is 12.0. The molecule has 28 heavy (non-hydrogen) atoms. The zero-order valence-electron chi connectivity index (χ0n) is 15.5. The Labute approximate surface area is 163 Å². The van der Waals surface area contributed by atoms with Crippen molar-refractivity contribution in [2.24, 2.45) is 0 Å². The molecule has 0 radical (unpaired) electrons. The Morgan fingerprint density at radius 3 is 2.43 bits per heavy atom. The van der Waals surface area contributed by atoms with E-state index in [1.807, 2.05) is 35.2 Å². The fourth-order valence-corrected chi connectivity index (χ4v) is 3.71. The standard InChI is InChI=1S/C18H21N5O4S/c1-26-14-5-6-15(27-2)16(13-14)28(24,25)20-10-9-19-17-7-8-18(22-21-17)23-11-3-4-12-23/h3-8,11-13,20H,9-10H2,1-2H3,(H,19,21). The van der Waals surface area contributed by atoms with E-state index in [1.54, 1.807) is 18.2 Å². The average molecular weight is 403 g/mol. The molecule has 0 aliphatic carbocycles. The summed E-state index contributed by atoms with van der Waals surface area (Å²) in [5, 5.41) is 11.2. The molecule has 1 aromatic carbocycles. The van der Waals surface area contributed by atoms with Crippen LogP contribution in [0.2, 0.25) is 0 Å². The minimum Gasteiger partial charge on any atom is -0.497 e. The van der Waals surface area contributed by atoms with Crippen LogP contribution in [-0.2, 0) is 10.0 Å². The van der Waals surface area contributed by atoms with Gasteiger partial charge in [0.25, 0.3) is 0 Å². The van der Waals surface area contributed by atoms with E-state index in [2.05, 4.69) is 20.2 Å². The number of benzene rings is 1. The second-order valence-electron chi connectivity index (χ2n) is 5.71. The van der Waals surface area contributed by atoms with E-state index in [0.717, 1.165) is 0 Å². The number of anilines is 1. The molecule has 0 bridgehead atoms. The van der Waals surface area contributed by atoms with E-state index >= 15 is 0 Å². The predicted octanol–water partition coefficient (Wildman–Crippen LogP) is 1.67. The van der Waals surface area contributed by atoms with Gasteiger partial charge in [-0.05, 0) is 36.4 Å². The maximum absolute atomic E-state index is 12.6. The molecule has 2 aromatic heterocycles. The largest absolute Gasteiger partial charge is 0.497 e. The van der Waals surface area contributed by atoms with Gasteiger partial charge in [-0.2, -0.15) is 0 Å². The molecule has 0 unspecified atom stereocenters. The summed E-state index contributed by atoms with van der Waals surface area (Å²) in [6.07, 6.45) is 3.75. The lowest BCUT2D eigenvalue weighted by Gasteiger charge is -2.12. The van der Waals surface area contributed by atoms with Crippen LogP contribution in [0.25, 0.3) is 5.82 Å². The Morgan fingerprint density at radius 1 is 1.00 bits per heavy atom. The molecule has 9 nitrogen and oxygen atoms in total. The molecule has 0 aliphatic heterocycles. The molecule has 3 rings (SSSR count). The van der Waals surface area contributed by atoms with Gasteiger partial charge in [0, 0.05) is 31.5 Å². The molecule has 0 saturated carbocycles. The molecule has 0 fully saturated rings. The zero-order valence-corrected chi connectivity index (χ0v) is 16.3. The molecule has 0 saturated heterocycles. The van der Waals surface area contributed by atoms with Crippen molar-refractivity contribution in [2.75, 3.05) is 32.6 Å². The molecule has 0 amide bonds. The van der Waals surface area contributed by atoms with Gasteiger partial charge in [-0.25, -0.2) is 13.1 Å². The van der Waals surface area contributed by atoms with E-state index in [4.69, 9.17) is 9.47 Å². The summed E-state index contributed by atoms with van der Waals surface area (Å²) in [7, 11) is -0.875. The highest BCUT2D eigenvalue weighted by molar-refractivity contribution is 7.89. The maximum Gasteiger partial charge on any atom is 0.244 e. The maximum atomic E-state index is 12.6. The fourth-order valence-electron chi connectivity index (χ4n) is 2.49. The third kappa shape index (κ3) is 4.59. The molecule has 148 valence electrons. The quantitative estimate of drug-likeness (QED) is 0.523. The Balaban J connectivity index is 1.57. The van der Waals surface area contributed by atoms with Crippen LogP contribution < -0.4 is 19.5 Å². The lowest BCUT2D eigenvalue weighted by molar-refractivity contribution is 0.392. The van der Waals surface area contributed by atoms with Crippen LogP contribution in [0.3, 0.4) is 0 Å². The molecule has 0 aliphatic rings. The number of ether oxygens (including phenoxy) is 2. The van der Waals surface area contributed by atoms with Crippen molar-refractivity contribution in [3.63, 3.8) is 0 Å². The molecular formula is C18H21N5O4S. The normalized spacial score (nSPS) is 11.2. The van der Waals surface area contributed by atoms with Crippen LogP contribution in [0.5, 0.6) is 11.5 Å². The van der Waals surface area contributed by atoms with Gasteiger partial charge >= 0.3 is 0 Å². The monoisotopic (exact) mass is 403 g/mol. The number of nitrogens with one attached hydrogen (secondary N) is 2. The van der Waals surface area contributed by atoms with Gasteiger partial charge in [0.05, 0.1) is 14.2 Å². The summed E-state index contributed by atoms with van der Waals surface area (Å²) in [6.45, 7) is 0.493. The molecular weight excluding hydrogens is 382 g/mol. The second-order valence-corrected chi connectivity index (χ2v) is 7.44. The van der Waals surface area contributed by atoms with Crippen LogP contribution in [0.4, 0.5) is 5.82 Å².